The zero-order chi connectivity index (χ0) is 13.2. The summed E-state index contributed by atoms with van der Waals surface area (Å²) in [6.45, 7) is 7.73. The molecule has 0 aliphatic carbocycles. The van der Waals surface area contributed by atoms with Gasteiger partial charge in [0.25, 0.3) is 5.91 Å². The van der Waals surface area contributed by atoms with Gasteiger partial charge in [-0.15, -0.1) is 0 Å². The Kier molecular flexibility index (Phi) is 4.14. The average Bonchev–Trinajstić information content (AvgIpc) is 2.58. The molecule has 1 aliphatic rings. The quantitative estimate of drug-likeness (QED) is 0.806. The van der Waals surface area contributed by atoms with E-state index in [1.807, 2.05) is 27.7 Å². The molecule has 0 spiro atoms. The van der Waals surface area contributed by atoms with Crippen LogP contribution in [0.1, 0.15) is 34.1 Å². The molecule has 1 fully saturated rings. The van der Waals surface area contributed by atoms with E-state index in [4.69, 9.17) is 9.84 Å². The number of hydrogen-bond acceptors (Lipinski definition) is 3. The van der Waals surface area contributed by atoms with Crippen LogP contribution in [0.25, 0.3) is 0 Å². The van der Waals surface area contributed by atoms with Crippen LogP contribution in [0.3, 0.4) is 0 Å². The summed E-state index contributed by atoms with van der Waals surface area (Å²) >= 11 is 0. The lowest BCUT2D eigenvalue weighted by Crippen LogP contribution is -2.52. The third kappa shape index (κ3) is 3.43. The third-order valence-corrected chi connectivity index (χ3v) is 3.00. The number of amides is 1. The maximum absolute atomic E-state index is 12.3. The van der Waals surface area contributed by atoms with Crippen LogP contribution >= 0.6 is 0 Å². The molecule has 2 unspecified atom stereocenters. The number of carbonyl (C=O) groups is 2. The van der Waals surface area contributed by atoms with Gasteiger partial charge in [-0.2, -0.15) is 0 Å². The molecular weight excluding hydrogens is 222 g/mol. The molecule has 0 aromatic heterocycles. The van der Waals surface area contributed by atoms with E-state index in [0.29, 0.717) is 6.61 Å². The van der Waals surface area contributed by atoms with Gasteiger partial charge in [-0.1, -0.05) is 6.92 Å². The lowest BCUT2D eigenvalue weighted by atomic mass is 9.99. The van der Waals surface area contributed by atoms with Crippen LogP contribution in [0.2, 0.25) is 0 Å². The van der Waals surface area contributed by atoms with Gasteiger partial charge in [0.2, 0.25) is 0 Å². The summed E-state index contributed by atoms with van der Waals surface area (Å²) < 4.78 is 5.40. The minimum absolute atomic E-state index is 0.154. The number of hydrogen-bond donors (Lipinski definition) is 1. The van der Waals surface area contributed by atoms with Crippen molar-refractivity contribution in [2.24, 2.45) is 5.92 Å². The maximum atomic E-state index is 12.3. The fourth-order valence-corrected chi connectivity index (χ4v) is 1.95. The Labute approximate surface area is 102 Å². The molecule has 98 valence electrons. The van der Waals surface area contributed by atoms with Crippen molar-refractivity contribution >= 4 is 11.9 Å². The number of carboxylic acid groups (broad SMARTS) is 1. The molecule has 0 aromatic rings. The first-order valence-corrected chi connectivity index (χ1v) is 5.88. The highest BCUT2D eigenvalue weighted by Crippen LogP contribution is 2.25. The zero-order valence-corrected chi connectivity index (χ0v) is 10.9. The zero-order valence-electron chi connectivity index (χ0n) is 10.9. The van der Waals surface area contributed by atoms with Crippen LogP contribution < -0.4 is 0 Å². The molecule has 5 nitrogen and oxygen atoms in total. The van der Waals surface area contributed by atoms with Gasteiger partial charge in [-0.3, -0.25) is 9.59 Å². The molecule has 1 amide bonds. The van der Waals surface area contributed by atoms with Gasteiger partial charge in [-0.25, -0.2) is 0 Å². The first-order chi connectivity index (χ1) is 7.73. The van der Waals surface area contributed by atoms with E-state index in [2.05, 4.69) is 0 Å². The smallest absolute Gasteiger partial charge is 0.323 e. The summed E-state index contributed by atoms with van der Waals surface area (Å²) in [5, 5.41) is 8.87. The summed E-state index contributed by atoms with van der Waals surface area (Å²) in [4.78, 5) is 24.5. The molecule has 0 bridgehead atoms. The standard InChI is InChI=1S/C12H21NO4/c1-8-5-6-17-10(8)11(16)13(7-9(14)15)12(2,3)4/h8,10H,5-7H2,1-4H3,(H,14,15). The maximum Gasteiger partial charge on any atom is 0.323 e. The summed E-state index contributed by atoms with van der Waals surface area (Å²) in [6, 6.07) is 0. The van der Waals surface area contributed by atoms with Gasteiger partial charge >= 0.3 is 5.97 Å². The highest BCUT2D eigenvalue weighted by atomic mass is 16.5. The molecule has 1 aliphatic heterocycles. The fraction of sp³-hybridized carbons (Fsp3) is 0.833. The molecule has 0 saturated carbocycles. The average molecular weight is 243 g/mol. The van der Waals surface area contributed by atoms with Crippen LogP contribution in [0.4, 0.5) is 0 Å². The second-order valence-corrected chi connectivity index (χ2v) is 5.55. The van der Waals surface area contributed by atoms with E-state index in [1.165, 1.54) is 4.90 Å². The number of rotatable bonds is 3. The lowest BCUT2D eigenvalue weighted by molar-refractivity contribution is -0.154. The van der Waals surface area contributed by atoms with Crippen molar-refractivity contribution in [1.29, 1.82) is 0 Å². The number of carbonyl (C=O) groups excluding carboxylic acids is 1. The minimum atomic E-state index is -1.00. The monoisotopic (exact) mass is 243 g/mol. The molecule has 0 radical (unpaired) electrons. The second kappa shape index (κ2) is 5.04. The van der Waals surface area contributed by atoms with Crippen LogP contribution in [0.5, 0.6) is 0 Å². The summed E-state index contributed by atoms with van der Waals surface area (Å²) in [5.74, 6) is -1.06. The van der Waals surface area contributed by atoms with Crippen LogP contribution in [0.15, 0.2) is 0 Å². The first kappa shape index (κ1) is 14.0. The van der Waals surface area contributed by atoms with Crippen LogP contribution in [-0.2, 0) is 14.3 Å². The molecule has 17 heavy (non-hydrogen) atoms. The Hall–Kier alpha value is -1.10. The Morgan fingerprint density at radius 3 is 2.35 bits per heavy atom. The molecule has 2 atom stereocenters. The molecule has 0 aromatic carbocycles. The number of ether oxygens (including phenoxy) is 1. The summed E-state index contributed by atoms with van der Waals surface area (Å²) in [5.41, 5.74) is -0.513. The first-order valence-electron chi connectivity index (χ1n) is 5.88. The number of nitrogens with zero attached hydrogens (tertiary/aromatic N) is 1. The predicted molar refractivity (Wildman–Crippen MR) is 62.6 cm³/mol. The summed E-state index contributed by atoms with van der Waals surface area (Å²) in [7, 11) is 0. The van der Waals surface area contributed by atoms with Gasteiger partial charge in [0, 0.05) is 12.1 Å². The van der Waals surface area contributed by atoms with Gasteiger partial charge in [0.1, 0.15) is 12.6 Å². The van der Waals surface area contributed by atoms with Crippen molar-refractivity contribution in [3.63, 3.8) is 0 Å². The molecule has 5 heteroatoms. The van der Waals surface area contributed by atoms with E-state index in [0.717, 1.165) is 6.42 Å². The highest BCUT2D eigenvalue weighted by Gasteiger charge is 2.38. The van der Waals surface area contributed by atoms with Crippen molar-refractivity contribution in [3.8, 4) is 0 Å². The van der Waals surface area contributed by atoms with Gasteiger partial charge in [0.05, 0.1) is 0 Å². The topological polar surface area (TPSA) is 66.8 Å². The number of aliphatic carboxylic acids is 1. The normalized spacial score (nSPS) is 24.7. The van der Waals surface area contributed by atoms with E-state index >= 15 is 0 Å². The predicted octanol–water partition coefficient (Wildman–Crippen LogP) is 1.12. The molecule has 1 heterocycles. The van der Waals surface area contributed by atoms with E-state index in [9.17, 15) is 9.59 Å². The largest absolute Gasteiger partial charge is 0.480 e. The van der Waals surface area contributed by atoms with E-state index < -0.39 is 17.6 Å². The van der Waals surface area contributed by atoms with Crippen molar-refractivity contribution < 1.29 is 19.4 Å². The van der Waals surface area contributed by atoms with Gasteiger partial charge in [-0.05, 0) is 33.1 Å². The van der Waals surface area contributed by atoms with Crippen molar-refractivity contribution in [2.75, 3.05) is 13.2 Å². The molecule has 1 saturated heterocycles. The van der Waals surface area contributed by atoms with E-state index in [1.54, 1.807) is 0 Å². The Balaban J connectivity index is 2.83. The van der Waals surface area contributed by atoms with Crippen molar-refractivity contribution in [2.45, 2.75) is 45.8 Å². The second-order valence-electron chi connectivity index (χ2n) is 5.55. The van der Waals surface area contributed by atoms with Crippen molar-refractivity contribution in [1.82, 2.24) is 4.90 Å². The van der Waals surface area contributed by atoms with Crippen LogP contribution in [0, 0.1) is 5.92 Å². The van der Waals surface area contributed by atoms with Gasteiger partial charge < -0.3 is 14.7 Å². The molecule has 1 N–H and O–H groups in total. The summed E-state index contributed by atoms with van der Waals surface area (Å²) in [6.07, 6.45) is 0.357. The fourth-order valence-electron chi connectivity index (χ4n) is 1.95. The minimum Gasteiger partial charge on any atom is -0.480 e. The van der Waals surface area contributed by atoms with Gasteiger partial charge in [0.15, 0.2) is 0 Å². The highest BCUT2D eigenvalue weighted by molar-refractivity contribution is 5.85. The SMILES string of the molecule is CC1CCOC1C(=O)N(CC(=O)O)C(C)(C)C. The Bertz CT molecular complexity index is 308. The Morgan fingerprint density at radius 1 is 1.41 bits per heavy atom. The van der Waals surface area contributed by atoms with Crippen LogP contribution in [-0.4, -0.2) is 46.7 Å². The Morgan fingerprint density at radius 2 is 2.00 bits per heavy atom. The van der Waals surface area contributed by atoms with Crippen molar-refractivity contribution in [3.05, 3.63) is 0 Å². The van der Waals surface area contributed by atoms with E-state index in [-0.39, 0.29) is 18.4 Å². The number of carboxylic acids is 1. The molecule has 1 rings (SSSR count). The third-order valence-electron chi connectivity index (χ3n) is 3.00. The lowest BCUT2D eigenvalue weighted by Gasteiger charge is -2.36. The molecular formula is C12H21NO4.